The van der Waals surface area contributed by atoms with Crippen LogP contribution in [-0.4, -0.2) is 46.8 Å². The molecule has 0 radical (unpaired) electrons. The molecule has 2 aromatic carbocycles. The third-order valence-electron chi connectivity index (χ3n) is 6.97. The second-order valence-electron chi connectivity index (χ2n) is 8.76. The van der Waals surface area contributed by atoms with Gasteiger partial charge in [-0.15, -0.1) is 0 Å². The van der Waals surface area contributed by atoms with Crippen LogP contribution in [0.4, 0.5) is 11.4 Å². The van der Waals surface area contributed by atoms with E-state index in [4.69, 9.17) is 9.47 Å². The summed E-state index contributed by atoms with van der Waals surface area (Å²) in [5, 5.41) is 4.96. The van der Waals surface area contributed by atoms with Crippen molar-refractivity contribution in [2.75, 3.05) is 36.6 Å². The molecule has 0 bridgehead atoms. The minimum atomic E-state index is 0.605. The summed E-state index contributed by atoms with van der Waals surface area (Å²) in [6.07, 6.45) is 3.83. The topological polar surface area (TPSA) is 38.7 Å². The molecule has 0 spiro atoms. The number of ether oxygens (including phenoxy) is 2. The van der Waals surface area contributed by atoms with E-state index < -0.39 is 0 Å². The minimum Gasteiger partial charge on any atom is -0.486 e. The van der Waals surface area contributed by atoms with Crippen LogP contribution in [0, 0.1) is 0 Å². The normalized spacial score (nSPS) is 19.4. The van der Waals surface area contributed by atoms with Crippen LogP contribution in [0.25, 0.3) is 10.9 Å². The second-order valence-corrected chi connectivity index (χ2v) is 9.99. The molecule has 5 nitrogen and oxygen atoms in total. The van der Waals surface area contributed by atoms with Gasteiger partial charge in [-0.1, -0.05) is 6.07 Å². The number of aromatic nitrogens is 1. The van der Waals surface area contributed by atoms with Gasteiger partial charge in [-0.3, -0.25) is 4.90 Å². The number of fused-ring (bicyclic) bond motifs is 4. The van der Waals surface area contributed by atoms with Crippen molar-refractivity contribution in [1.29, 1.82) is 0 Å². The highest BCUT2D eigenvalue weighted by Crippen LogP contribution is 2.36. The summed E-state index contributed by atoms with van der Waals surface area (Å²) >= 11 is 2.11. The van der Waals surface area contributed by atoms with Crippen molar-refractivity contribution in [1.82, 2.24) is 9.47 Å². The van der Waals surface area contributed by atoms with Crippen molar-refractivity contribution < 1.29 is 9.47 Å². The molecule has 6 heteroatoms. The zero-order valence-electron chi connectivity index (χ0n) is 18.0. The van der Waals surface area contributed by atoms with Crippen molar-refractivity contribution >= 4 is 34.0 Å². The standard InChI is InChI=1S/C25H29N3O2S/c1-27-22-6-9-28(19-7-12-31-13-8-19)16-21(22)20-4-2-17(14-23(20)27)26-18-3-5-24-25(15-18)30-11-10-29-24/h2-5,14-15,19,26H,6-13,16H2,1H3. The molecule has 4 heterocycles. The number of thioether (sulfide) groups is 1. The van der Waals surface area contributed by atoms with Crippen LogP contribution < -0.4 is 14.8 Å². The highest BCUT2D eigenvalue weighted by molar-refractivity contribution is 7.99. The van der Waals surface area contributed by atoms with Crippen LogP contribution in [-0.2, 0) is 20.0 Å². The number of hydrogen-bond donors (Lipinski definition) is 1. The van der Waals surface area contributed by atoms with Crippen LogP contribution in [0.1, 0.15) is 24.1 Å². The number of nitrogens with zero attached hydrogens (tertiary/aromatic N) is 2. The molecule has 1 N–H and O–H groups in total. The molecule has 0 amide bonds. The van der Waals surface area contributed by atoms with E-state index >= 15 is 0 Å². The van der Waals surface area contributed by atoms with Crippen molar-refractivity contribution in [2.45, 2.75) is 31.8 Å². The van der Waals surface area contributed by atoms with Gasteiger partial charge in [-0.2, -0.15) is 11.8 Å². The summed E-state index contributed by atoms with van der Waals surface area (Å²) in [5.41, 5.74) is 6.47. The van der Waals surface area contributed by atoms with Gasteiger partial charge >= 0.3 is 0 Å². The average Bonchev–Trinajstić information content (AvgIpc) is 3.10. The Morgan fingerprint density at radius 3 is 2.61 bits per heavy atom. The zero-order chi connectivity index (χ0) is 20.8. The number of rotatable bonds is 3. The van der Waals surface area contributed by atoms with Crippen LogP contribution in [0.2, 0.25) is 0 Å². The maximum Gasteiger partial charge on any atom is 0.163 e. The van der Waals surface area contributed by atoms with Gasteiger partial charge in [-0.05, 0) is 54.2 Å². The molecule has 1 fully saturated rings. The van der Waals surface area contributed by atoms with Gasteiger partial charge < -0.3 is 19.4 Å². The first-order valence-electron chi connectivity index (χ1n) is 11.3. The highest BCUT2D eigenvalue weighted by atomic mass is 32.2. The van der Waals surface area contributed by atoms with Crippen molar-refractivity contribution in [3.63, 3.8) is 0 Å². The van der Waals surface area contributed by atoms with E-state index in [2.05, 4.69) is 51.8 Å². The quantitative estimate of drug-likeness (QED) is 0.630. The highest BCUT2D eigenvalue weighted by Gasteiger charge is 2.28. The molecule has 3 aliphatic heterocycles. The SMILES string of the molecule is Cn1c2c(c3ccc(Nc4ccc5c(c4)OCCO5)cc31)CN(C1CCSCC1)CC2. The molecular weight excluding hydrogens is 406 g/mol. The molecule has 0 aliphatic carbocycles. The Balaban J connectivity index is 1.28. The lowest BCUT2D eigenvalue weighted by Crippen LogP contribution is -2.41. The van der Waals surface area contributed by atoms with Gasteiger partial charge in [0.25, 0.3) is 0 Å². The maximum atomic E-state index is 5.73. The van der Waals surface area contributed by atoms with Crippen molar-refractivity contribution in [2.24, 2.45) is 7.05 Å². The zero-order valence-corrected chi connectivity index (χ0v) is 18.8. The first kappa shape index (κ1) is 19.4. The van der Waals surface area contributed by atoms with Gasteiger partial charge in [0.1, 0.15) is 13.2 Å². The number of hydrogen-bond acceptors (Lipinski definition) is 5. The van der Waals surface area contributed by atoms with Gasteiger partial charge in [0.05, 0.1) is 5.52 Å². The molecule has 3 aliphatic rings. The second kappa shape index (κ2) is 7.99. The molecule has 1 saturated heterocycles. The Kier molecular flexibility index (Phi) is 4.99. The number of nitrogens with one attached hydrogen (secondary N) is 1. The average molecular weight is 436 g/mol. The summed E-state index contributed by atoms with van der Waals surface area (Å²) in [6, 6.07) is 13.6. The van der Waals surface area contributed by atoms with Crippen molar-refractivity contribution in [3.05, 3.63) is 47.7 Å². The van der Waals surface area contributed by atoms with E-state index in [0.717, 1.165) is 41.9 Å². The lowest BCUT2D eigenvalue weighted by atomic mass is 10.0. The van der Waals surface area contributed by atoms with Crippen LogP contribution in [0.3, 0.4) is 0 Å². The largest absolute Gasteiger partial charge is 0.486 e. The van der Waals surface area contributed by atoms with E-state index in [1.807, 2.05) is 18.2 Å². The van der Waals surface area contributed by atoms with E-state index in [9.17, 15) is 0 Å². The van der Waals surface area contributed by atoms with E-state index in [1.165, 1.54) is 53.1 Å². The monoisotopic (exact) mass is 435 g/mol. The fourth-order valence-corrected chi connectivity index (χ4v) is 6.40. The molecular formula is C25H29N3O2S. The van der Waals surface area contributed by atoms with E-state index in [0.29, 0.717) is 13.2 Å². The molecule has 6 rings (SSSR count). The maximum absolute atomic E-state index is 5.73. The lowest BCUT2D eigenvalue weighted by molar-refractivity contribution is 0.168. The van der Waals surface area contributed by atoms with Crippen LogP contribution in [0.15, 0.2) is 36.4 Å². The van der Waals surface area contributed by atoms with Gasteiger partial charge in [-0.25, -0.2) is 0 Å². The first-order valence-corrected chi connectivity index (χ1v) is 12.5. The summed E-state index contributed by atoms with van der Waals surface area (Å²) in [5.74, 6) is 4.27. The van der Waals surface area contributed by atoms with Crippen molar-refractivity contribution in [3.8, 4) is 11.5 Å². The third kappa shape index (κ3) is 3.56. The lowest BCUT2D eigenvalue weighted by Gasteiger charge is -2.37. The van der Waals surface area contributed by atoms with Gasteiger partial charge in [0.2, 0.25) is 0 Å². The fraction of sp³-hybridized carbons (Fsp3) is 0.440. The number of benzene rings is 2. The predicted octanol–water partition coefficient (Wildman–Crippen LogP) is 4.95. The summed E-state index contributed by atoms with van der Waals surface area (Å²) < 4.78 is 13.8. The molecule has 0 atom stereocenters. The van der Waals surface area contributed by atoms with Crippen LogP contribution in [0.5, 0.6) is 11.5 Å². The van der Waals surface area contributed by atoms with Crippen LogP contribution >= 0.6 is 11.8 Å². The molecule has 162 valence electrons. The molecule has 31 heavy (non-hydrogen) atoms. The predicted molar refractivity (Wildman–Crippen MR) is 128 cm³/mol. The first-order chi connectivity index (χ1) is 15.3. The Bertz CT molecular complexity index is 1120. The Labute approximate surface area is 187 Å². The third-order valence-corrected chi connectivity index (χ3v) is 8.02. The number of aryl methyl sites for hydroxylation is 1. The summed E-state index contributed by atoms with van der Waals surface area (Å²) in [4.78, 5) is 2.74. The van der Waals surface area contributed by atoms with E-state index in [1.54, 1.807) is 0 Å². The molecule has 1 aromatic heterocycles. The van der Waals surface area contributed by atoms with Gasteiger partial charge in [0, 0.05) is 61.1 Å². The molecule has 0 saturated carbocycles. The minimum absolute atomic E-state index is 0.605. The Morgan fingerprint density at radius 1 is 0.968 bits per heavy atom. The molecule has 0 unspecified atom stereocenters. The summed E-state index contributed by atoms with van der Waals surface area (Å²) in [7, 11) is 2.22. The fourth-order valence-electron chi connectivity index (χ4n) is 5.32. The Hall–Kier alpha value is -2.31. The Morgan fingerprint density at radius 2 is 1.74 bits per heavy atom. The van der Waals surface area contributed by atoms with Gasteiger partial charge in [0.15, 0.2) is 11.5 Å². The number of anilines is 2. The summed E-state index contributed by atoms with van der Waals surface area (Å²) in [6.45, 7) is 3.51. The van der Waals surface area contributed by atoms with E-state index in [-0.39, 0.29) is 0 Å². The smallest absolute Gasteiger partial charge is 0.163 e. The molecule has 3 aromatic rings.